The standard InChI is InChI=1S/C24H27F3N4O4/c1-15(2)20(29-19-9-3-16(4-10-19)13-28-12-11-21(32)33)14-34-23-31-30-22(35-23)17-5-7-18(8-6-17)24(25,26)27/h3-10,15,20,28-29H,11-14H2,1-2H3,(H,32,33)/t20-/m1/s1. The molecule has 0 saturated heterocycles. The summed E-state index contributed by atoms with van der Waals surface area (Å²) in [5.41, 5.74) is 1.51. The Morgan fingerprint density at radius 1 is 1.09 bits per heavy atom. The number of nitrogens with zero attached hydrogens (tertiary/aromatic N) is 2. The Labute approximate surface area is 200 Å². The SMILES string of the molecule is CC(C)[C@@H](COc1nnc(-c2ccc(C(F)(F)F)cc2)o1)Nc1ccc(CNCCC(=O)O)cc1. The summed E-state index contributed by atoms with van der Waals surface area (Å²) in [6.07, 6.45) is -4.42. The lowest BCUT2D eigenvalue weighted by atomic mass is 10.0. The maximum atomic E-state index is 12.7. The van der Waals surface area contributed by atoms with Crippen LogP contribution in [0.2, 0.25) is 0 Å². The van der Waals surface area contributed by atoms with Crippen molar-refractivity contribution in [1.29, 1.82) is 0 Å². The molecule has 0 bridgehead atoms. The van der Waals surface area contributed by atoms with Crippen molar-refractivity contribution in [1.82, 2.24) is 15.5 Å². The normalized spacial score (nSPS) is 12.5. The lowest BCUT2D eigenvalue weighted by Gasteiger charge is -2.23. The van der Waals surface area contributed by atoms with Gasteiger partial charge in [-0.15, -0.1) is 5.10 Å². The number of hydrogen-bond donors (Lipinski definition) is 3. The Morgan fingerprint density at radius 2 is 1.77 bits per heavy atom. The van der Waals surface area contributed by atoms with Crippen LogP contribution in [0.1, 0.15) is 31.4 Å². The number of ether oxygens (including phenoxy) is 1. The first kappa shape index (κ1) is 26.0. The number of hydrogen-bond acceptors (Lipinski definition) is 7. The Morgan fingerprint density at radius 3 is 2.37 bits per heavy atom. The average molecular weight is 492 g/mol. The second-order valence-electron chi connectivity index (χ2n) is 8.27. The van der Waals surface area contributed by atoms with Crippen molar-refractivity contribution >= 4 is 11.7 Å². The molecule has 1 atom stereocenters. The minimum absolute atomic E-state index is 0.0651. The number of carboxylic acid groups (broad SMARTS) is 1. The van der Waals surface area contributed by atoms with Crippen LogP contribution in [0.5, 0.6) is 6.08 Å². The van der Waals surface area contributed by atoms with Crippen molar-refractivity contribution in [3.05, 3.63) is 59.7 Å². The van der Waals surface area contributed by atoms with Gasteiger partial charge in [-0.2, -0.15) is 13.2 Å². The third kappa shape index (κ3) is 7.99. The van der Waals surface area contributed by atoms with Crippen LogP contribution < -0.4 is 15.4 Å². The number of benzene rings is 2. The predicted molar refractivity (Wildman–Crippen MR) is 123 cm³/mol. The van der Waals surface area contributed by atoms with E-state index in [1.807, 2.05) is 38.1 Å². The zero-order valence-corrected chi connectivity index (χ0v) is 19.3. The van der Waals surface area contributed by atoms with Crippen molar-refractivity contribution in [2.24, 2.45) is 5.92 Å². The summed E-state index contributed by atoms with van der Waals surface area (Å²) in [5, 5.41) is 22.8. The van der Waals surface area contributed by atoms with Gasteiger partial charge < -0.3 is 24.9 Å². The highest BCUT2D eigenvalue weighted by atomic mass is 19.4. The number of carboxylic acids is 1. The monoisotopic (exact) mass is 492 g/mol. The zero-order chi connectivity index (χ0) is 25.4. The van der Waals surface area contributed by atoms with Crippen LogP contribution in [0.3, 0.4) is 0 Å². The molecule has 3 aromatic rings. The molecule has 0 aliphatic carbocycles. The fraction of sp³-hybridized carbons (Fsp3) is 0.375. The van der Waals surface area contributed by atoms with Gasteiger partial charge in [0.25, 0.3) is 5.89 Å². The third-order valence-electron chi connectivity index (χ3n) is 5.21. The minimum atomic E-state index is -4.42. The van der Waals surface area contributed by atoms with Crippen LogP contribution in [0.15, 0.2) is 52.9 Å². The number of nitrogens with one attached hydrogen (secondary N) is 2. The molecule has 1 heterocycles. The van der Waals surface area contributed by atoms with Gasteiger partial charge in [-0.1, -0.05) is 31.1 Å². The smallest absolute Gasteiger partial charge is 0.416 e. The van der Waals surface area contributed by atoms with Gasteiger partial charge in [0.2, 0.25) is 0 Å². The maximum Gasteiger partial charge on any atom is 0.416 e. The van der Waals surface area contributed by atoms with E-state index in [0.29, 0.717) is 18.7 Å². The highest BCUT2D eigenvalue weighted by molar-refractivity contribution is 5.66. The van der Waals surface area contributed by atoms with E-state index in [-0.39, 0.29) is 37.0 Å². The van der Waals surface area contributed by atoms with E-state index >= 15 is 0 Å². The topological polar surface area (TPSA) is 110 Å². The molecular weight excluding hydrogens is 465 g/mol. The van der Waals surface area contributed by atoms with Crippen LogP contribution in [-0.2, 0) is 17.5 Å². The van der Waals surface area contributed by atoms with E-state index in [2.05, 4.69) is 20.8 Å². The van der Waals surface area contributed by atoms with Crippen molar-refractivity contribution in [3.63, 3.8) is 0 Å². The fourth-order valence-corrected chi connectivity index (χ4v) is 3.11. The molecule has 0 aliphatic rings. The van der Waals surface area contributed by atoms with E-state index < -0.39 is 17.7 Å². The molecule has 3 N–H and O–H groups in total. The quantitative estimate of drug-likeness (QED) is 0.308. The van der Waals surface area contributed by atoms with Crippen molar-refractivity contribution in [2.45, 2.75) is 39.0 Å². The number of aromatic nitrogens is 2. The van der Waals surface area contributed by atoms with Crippen LogP contribution in [0.4, 0.5) is 18.9 Å². The summed E-state index contributed by atoms with van der Waals surface area (Å²) in [4.78, 5) is 10.6. The lowest BCUT2D eigenvalue weighted by molar-refractivity contribution is -0.138. The number of carbonyl (C=O) groups is 1. The second kappa shape index (κ2) is 11.7. The molecule has 0 aliphatic heterocycles. The molecule has 0 fully saturated rings. The highest BCUT2D eigenvalue weighted by Crippen LogP contribution is 2.31. The number of anilines is 1. The fourth-order valence-electron chi connectivity index (χ4n) is 3.11. The van der Waals surface area contributed by atoms with Crippen molar-refractivity contribution < 1.29 is 32.2 Å². The van der Waals surface area contributed by atoms with Crippen LogP contribution in [0, 0.1) is 5.92 Å². The molecular formula is C24H27F3N4O4. The number of alkyl halides is 3. The summed E-state index contributed by atoms with van der Waals surface area (Å²) in [7, 11) is 0. The van der Waals surface area contributed by atoms with Crippen molar-refractivity contribution in [3.8, 4) is 17.5 Å². The largest absolute Gasteiger partial charge is 0.481 e. The first-order valence-corrected chi connectivity index (χ1v) is 11.0. The zero-order valence-electron chi connectivity index (χ0n) is 19.3. The van der Waals surface area contributed by atoms with Crippen LogP contribution in [0.25, 0.3) is 11.5 Å². The molecule has 3 rings (SSSR count). The molecule has 11 heteroatoms. The van der Waals surface area contributed by atoms with E-state index in [4.69, 9.17) is 14.3 Å². The van der Waals surface area contributed by atoms with Crippen LogP contribution in [-0.4, -0.2) is 40.5 Å². The summed E-state index contributed by atoms with van der Waals surface area (Å²) in [5.74, 6) is -0.574. The lowest BCUT2D eigenvalue weighted by Crippen LogP contribution is -2.32. The molecule has 0 unspecified atom stereocenters. The second-order valence-corrected chi connectivity index (χ2v) is 8.27. The van der Waals surface area contributed by atoms with Gasteiger partial charge in [-0.05, 0) is 47.9 Å². The van der Waals surface area contributed by atoms with E-state index in [1.165, 1.54) is 12.1 Å². The van der Waals surface area contributed by atoms with Crippen LogP contribution >= 0.6 is 0 Å². The third-order valence-corrected chi connectivity index (χ3v) is 5.21. The van der Waals surface area contributed by atoms with Gasteiger partial charge in [0.05, 0.1) is 18.0 Å². The number of rotatable bonds is 12. The van der Waals surface area contributed by atoms with Gasteiger partial charge in [0, 0.05) is 24.3 Å². The molecule has 35 heavy (non-hydrogen) atoms. The maximum absolute atomic E-state index is 12.7. The predicted octanol–water partition coefficient (Wildman–Crippen LogP) is 4.84. The minimum Gasteiger partial charge on any atom is -0.481 e. The molecule has 0 spiro atoms. The number of aliphatic carboxylic acids is 1. The summed E-state index contributed by atoms with van der Waals surface area (Å²) in [6.45, 7) is 5.26. The van der Waals surface area contributed by atoms with Gasteiger partial charge in [-0.25, -0.2) is 0 Å². The first-order valence-electron chi connectivity index (χ1n) is 11.0. The Balaban J connectivity index is 1.53. The Bertz CT molecular complexity index is 1080. The van der Waals surface area contributed by atoms with Gasteiger partial charge in [-0.3, -0.25) is 4.79 Å². The van der Waals surface area contributed by atoms with Gasteiger partial charge in [0.15, 0.2) is 0 Å². The number of halogens is 3. The summed E-state index contributed by atoms with van der Waals surface area (Å²) in [6, 6.07) is 12.1. The highest BCUT2D eigenvalue weighted by Gasteiger charge is 2.30. The molecule has 188 valence electrons. The van der Waals surface area contributed by atoms with Gasteiger partial charge >= 0.3 is 18.2 Å². The molecule has 0 amide bonds. The summed E-state index contributed by atoms with van der Waals surface area (Å²) < 4.78 is 49.3. The Kier molecular flexibility index (Phi) is 8.69. The molecule has 0 radical (unpaired) electrons. The van der Waals surface area contributed by atoms with E-state index in [9.17, 15) is 18.0 Å². The van der Waals surface area contributed by atoms with Gasteiger partial charge in [0.1, 0.15) is 6.61 Å². The van der Waals surface area contributed by atoms with Crippen molar-refractivity contribution in [2.75, 3.05) is 18.5 Å². The molecule has 8 nitrogen and oxygen atoms in total. The Hall–Kier alpha value is -3.60. The van der Waals surface area contributed by atoms with E-state index in [1.54, 1.807) is 0 Å². The molecule has 0 saturated carbocycles. The molecule has 2 aromatic carbocycles. The first-order chi connectivity index (χ1) is 16.6. The van der Waals surface area contributed by atoms with E-state index in [0.717, 1.165) is 23.4 Å². The molecule has 1 aromatic heterocycles. The average Bonchev–Trinajstić information content (AvgIpc) is 3.28. The summed E-state index contributed by atoms with van der Waals surface area (Å²) >= 11 is 0.